The Hall–Kier alpha value is -0.390. The van der Waals surface area contributed by atoms with Crippen molar-refractivity contribution in [1.82, 2.24) is 0 Å². The van der Waals surface area contributed by atoms with Gasteiger partial charge in [0.2, 0.25) is 0 Å². The van der Waals surface area contributed by atoms with Gasteiger partial charge in [0.05, 0.1) is 13.2 Å². The van der Waals surface area contributed by atoms with Gasteiger partial charge in [-0.15, -0.1) is 0 Å². The first-order valence-corrected chi connectivity index (χ1v) is 5.70. The lowest BCUT2D eigenvalue weighted by atomic mass is 9.97. The second-order valence-electron chi connectivity index (χ2n) is 4.58. The normalized spacial score (nSPS) is 51.9. The van der Waals surface area contributed by atoms with Gasteiger partial charge in [0.1, 0.15) is 36.6 Å². The monoisotopic (exact) mass is 283 g/mol. The average Bonchev–Trinajstić information content (AvgIpc) is 2.78. The molecule has 0 aromatic heterocycles. The van der Waals surface area contributed by atoms with E-state index in [0.717, 1.165) is 0 Å². The van der Waals surface area contributed by atoms with Crippen molar-refractivity contribution in [2.45, 2.75) is 42.5 Å². The van der Waals surface area contributed by atoms with Gasteiger partial charge in [-0.05, 0) is 0 Å². The summed E-state index contributed by atoms with van der Waals surface area (Å²) in [5, 5.41) is 56.0. The van der Waals surface area contributed by atoms with Crippen LogP contribution in [0.15, 0.2) is 0 Å². The maximum Gasteiger partial charge on any atom is 0.264 e. The van der Waals surface area contributed by atoms with E-state index in [1.165, 1.54) is 0 Å². The Morgan fingerprint density at radius 1 is 1.11 bits per heavy atom. The quantitative estimate of drug-likeness (QED) is 0.312. The first-order chi connectivity index (χ1) is 8.84. The third-order valence-corrected chi connectivity index (χ3v) is 3.37. The third kappa shape index (κ3) is 2.26. The zero-order valence-electron chi connectivity index (χ0n) is 9.76. The SMILES string of the molecule is OC[C@H]1OC([C]2O[C@H](CO)[C@](O)(F)[C@@H]2O)[C@@H](O)[C@@H]1O. The Balaban J connectivity index is 2.15. The molecule has 0 saturated carbocycles. The maximum atomic E-state index is 13.7. The molecule has 1 unspecified atom stereocenters. The fourth-order valence-electron chi connectivity index (χ4n) is 2.21. The van der Waals surface area contributed by atoms with Crippen molar-refractivity contribution in [2.75, 3.05) is 13.2 Å². The van der Waals surface area contributed by atoms with E-state index in [1.807, 2.05) is 0 Å². The molecule has 2 aliphatic rings. The van der Waals surface area contributed by atoms with Gasteiger partial charge in [-0.25, -0.2) is 4.39 Å². The van der Waals surface area contributed by atoms with Crippen molar-refractivity contribution < 1.29 is 44.5 Å². The topological polar surface area (TPSA) is 140 Å². The van der Waals surface area contributed by atoms with E-state index in [2.05, 4.69) is 0 Å². The van der Waals surface area contributed by atoms with Crippen LogP contribution in [0.25, 0.3) is 0 Å². The molecule has 2 aliphatic heterocycles. The van der Waals surface area contributed by atoms with E-state index in [4.69, 9.17) is 19.7 Å². The summed E-state index contributed by atoms with van der Waals surface area (Å²) in [4.78, 5) is 0. The minimum Gasteiger partial charge on any atom is -0.394 e. The van der Waals surface area contributed by atoms with Crippen LogP contribution < -0.4 is 0 Å². The van der Waals surface area contributed by atoms with E-state index in [-0.39, 0.29) is 0 Å². The number of halogens is 1. The smallest absolute Gasteiger partial charge is 0.264 e. The Morgan fingerprint density at radius 3 is 2.16 bits per heavy atom. The van der Waals surface area contributed by atoms with Crippen LogP contribution >= 0.6 is 0 Å². The second kappa shape index (κ2) is 5.19. The van der Waals surface area contributed by atoms with Crippen molar-refractivity contribution in [3.63, 3.8) is 0 Å². The van der Waals surface area contributed by atoms with Crippen molar-refractivity contribution in [3.05, 3.63) is 6.10 Å². The van der Waals surface area contributed by atoms with Gasteiger partial charge in [0, 0.05) is 0 Å². The van der Waals surface area contributed by atoms with E-state index in [9.17, 15) is 24.8 Å². The molecule has 2 heterocycles. The van der Waals surface area contributed by atoms with Crippen molar-refractivity contribution in [2.24, 2.45) is 0 Å². The molecule has 0 amide bonds. The summed E-state index contributed by atoms with van der Waals surface area (Å²) in [6.45, 7) is -1.50. The van der Waals surface area contributed by atoms with Gasteiger partial charge in [-0.2, -0.15) is 0 Å². The number of rotatable bonds is 3. The van der Waals surface area contributed by atoms with Gasteiger partial charge in [0.25, 0.3) is 5.85 Å². The molecule has 111 valence electrons. The first-order valence-electron chi connectivity index (χ1n) is 5.70. The molecule has 8 nitrogen and oxygen atoms in total. The van der Waals surface area contributed by atoms with Crippen LogP contribution in [0, 0.1) is 6.10 Å². The molecular formula is C10H16FO8. The lowest BCUT2D eigenvalue weighted by molar-refractivity contribution is -0.181. The predicted molar refractivity (Wildman–Crippen MR) is 55.0 cm³/mol. The number of alkyl halides is 1. The maximum absolute atomic E-state index is 13.7. The molecule has 2 fully saturated rings. The van der Waals surface area contributed by atoms with Crippen LogP contribution in [-0.4, -0.2) is 86.3 Å². The van der Waals surface area contributed by atoms with Crippen LogP contribution in [0.5, 0.6) is 0 Å². The Bertz CT molecular complexity index is 327. The molecule has 2 rings (SSSR count). The highest BCUT2D eigenvalue weighted by atomic mass is 19.2. The summed E-state index contributed by atoms with van der Waals surface area (Å²) in [5.41, 5.74) is 0. The van der Waals surface area contributed by atoms with Crippen LogP contribution in [-0.2, 0) is 9.47 Å². The number of aliphatic hydroxyl groups excluding tert-OH is 5. The summed E-state index contributed by atoms with van der Waals surface area (Å²) >= 11 is 0. The molecule has 0 aromatic carbocycles. The van der Waals surface area contributed by atoms with Crippen molar-refractivity contribution >= 4 is 0 Å². The molecular weight excluding hydrogens is 267 g/mol. The molecule has 2 saturated heterocycles. The van der Waals surface area contributed by atoms with E-state index in [0.29, 0.717) is 0 Å². The van der Waals surface area contributed by atoms with Crippen LogP contribution in [0.1, 0.15) is 0 Å². The molecule has 19 heavy (non-hydrogen) atoms. The molecule has 6 N–H and O–H groups in total. The van der Waals surface area contributed by atoms with E-state index in [1.54, 1.807) is 0 Å². The molecule has 7 atom stereocenters. The Kier molecular flexibility index (Phi) is 4.10. The van der Waals surface area contributed by atoms with Crippen molar-refractivity contribution in [1.29, 1.82) is 0 Å². The Morgan fingerprint density at radius 2 is 1.74 bits per heavy atom. The van der Waals surface area contributed by atoms with E-state index < -0.39 is 61.8 Å². The fourth-order valence-corrected chi connectivity index (χ4v) is 2.21. The van der Waals surface area contributed by atoms with E-state index >= 15 is 0 Å². The molecule has 0 spiro atoms. The molecule has 9 heteroatoms. The largest absolute Gasteiger partial charge is 0.394 e. The summed E-state index contributed by atoms with van der Waals surface area (Å²) in [5.74, 6) is -3.23. The minimum atomic E-state index is -3.23. The molecule has 0 aromatic rings. The van der Waals surface area contributed by atoms with Crippen LogP contribution in [0.4, 0.5) is 4.39 Å². The molecule has 1 radical (unpaired) electrons. The van der Waals surface area contributed by atoms with Gasteiger partial charge >= 0.3 is 0 Å². The van der Waals surface area contributed by atoms with Crippen LogP contribution in [0.3, 0.4) is 0 Å². The number of aliphatic hydroxyl groups is 6. The van der Waals surface area contributed by atoms with Crippen molar-refractivity contribution in [3.8, 4) is 0 Å². The minimum absolute atomic E-state index is 0.536. The summed E-state index contributed by atoms with van der Waals surface area (Å²) in [6.07, 6.45) is -9.95. The van der Waals surface area contributed by atoms with Gasteiger partial charge in [-0.1, -0.05) is 0 Å². The highest BCUT2D eigenvalue weighted by Gasteiger charge is 2.62. The zero-order valence-corrected chi connectivity index (χ0v) is 9.76. The predicted octanol–water partition coefficient (Wildman–Crippen LogP) is -3.59. The summed E-state index contributed by atoms with van der Waals surface area (Å²) in [7, 11) is 0. The van der Waals surface area contributed by atoms with Gasteiger partial charge in [0.15, 0.2) is 6.10 Å². The average molecular weight is 283 g/mol. The van der Waals surface area contributed by atoms with Crippen LogP contribution in [0.2, 0.25) is 0 Å². The summed E-state index contributed by atoms with van der Waals surface area (Å²) < 4.78 is 23.6. The summed E-state index contributed by atoms with van der Waals surface area (Å²) in [6, 6.07) is 0. The number of hydrogen-bond donors (Lipinski definition) is 6. The molecule has 0 bridgehead atoms. The van der Waals surface area contributed by atoms with Gasteiger partial charge < -0.3 is 40.1 Å². The fraction of sp³-hybridized carbons (Fsp3) is 0.900. The highest BCUT2D eigenvalue weighted by molar-refractivity contribution is 5.15. The third-order valence-electron chi connectivity index (χ3n) is 3.37. The lowest BCUT2D eigenvalue weighted by Crippen LogP contribution is -2.46. The number of hydrogen-bond acceptors (Lipinski definition) is 8. The number of ether oxygens (including phenoxy) is 2. The zero-order chi connectivity index (χ0) is 14.4. The van der Waals surface area contributed by atoms with Gasteiger partial charge in [-0.3, -0.25) is 0 Å². The first kappa shape index (κ1) is 15.0. The second-order valence-corrected chi connectivity index (χ2v) is 4.58. The highest BCUT2D eigenvalue weighted by Crippen LogP contribution is 2.42. The standard InChI is InChI=1S/C10H16FO8/c11-10(17)4(2-13)19-8(9(10)16)7-6(15)5(14)3(1-12)18-7/h3-7,9,12-17H,1-2H2/t3-,4-,5-,6+,7?,9-,10-/m1/s1. The lowest BCUT2D eigenvalue weighted by Gasteiger charge is -2.23. The Labute approximate surface area is 107 Å². The molecule has 0 aliphatic carbocycles.